The number of amides is 1. The zero-order valence-electron chi connectivity index (χ0n) is 22.9. The minimum Gasteiger partial charge on any atom is -0.454 e. The summed E-state index contributed by atoms with van der Waals surface area (Å²) in [4.78, 5) is 13.6. The number of nitrogens with one attached hydrogen (secondary N) is 1. The first kappa shape index (κ1) is 26.7. The molecule has 1 aromatic heterocycles. The van der Waals surface area contributed by atoms with Crippen LogP contribution >= 0.6 is 11.8 Å². The van der Waals surface area contributed by atoms with Crippen LogP contribution in [0.3, 0.4) is 0 Å². The van der Waals surface area contributed by atoms with Gasteiger partial charge in [-0.05, 0) is 61.7 Å². The summed E-state index contributed by atoms with van der Waals surface area (Å²) < 4.78 is 13.0. The van der Waals surface area contributed by atoms with Gasteiger partial charge in [-0.1, -0.05) is 89.6 Å². The number of carbonyl (C=O) groups is 1. The minimum atomic E-state index is -0.447. The fourth-order valence-electron chi connectivity index (χ4n) is 4.82. The van der Waals surface area contributed by atoms with Crippen molar-refractivity contribution in [1.82, 2.24) is 20.1 Å². The molecule has 1 N–H and O–H groups in total. The van der Waals surface area contributed by atoms with E-state index in [0.717, 1.165) is 27.7 Å². The monoisotopic (exact) mass is 562 g/mol. The van der Waals surface area contributed by atoms with Crippen LogP contribution in [0.25, 0.3) is 5.69 Å². The molecule has 1 unspecified atom stereocenters. The summed E-state index contributed by atoms with van der Waals surface area (Å²) in [5, 5.41) is 13.3. The summed E-state index contributed by atoms with van der Waals surface area (Å²) in [5.41, 5.74) is 6.11. The van der Waals surface area contributed by atoms with Crippen molar-refractivity contribution < 1.29 is 14.3 Å². The fraction of sp³-hybridized carbons (Fsp3) is 0.182. The van der Waals surface area contributed by atoms with Crippen molar-refractivity contribution in [2.45, 2.75) is 37.2 Å². The van der Waals surface area contributed by atoms with E-state index in [2.05, 4.69) is 94.6 Å². The minimum absolute atomic E-state index is 0.152. The number of hydrogen-bond acceptors (Lipinski definition) is 6. The number of nitrogens with zero attached hydrogens (tertiary/aromatic N) is 3. The molecule has 6 rings (SSSR count). The summed E-state index contributed by atoms with van der Waals surface area (Å²) in [6.07, 6.45) is 0.545. The van der Waals surface area contributed by atoms with Crippen LogP contribution in [-0.2, 0) is 12.2 Å². The summed E-state index contributed by atoms with van der Waals surface area (Å²) in [6.45, 7) is 4.31. The third kappa shape index (κ3) is 6.12. The molecule has 4 aromatic carbocycles. The summed E-state index contributed by atoms with van der Waals surface area (Å²) in [7, 11) is 0. The molecule has 0 bridgehead atoms. The number of carbonyl (C=O) groups excluding carboxylic acids is 1. The van der Waals surface area contributed by atoms with Crippen molar-refractivity contribution in [1.29, 1.82) is 0 Å². The van der Waals surface area contributed by atoms with Crippen molar-refractivity contribution in [2.24, 2.45) is 0 Å². The van der Waals surface area contributed by atoms with E-state index < -0.39 is 6.04 Å². The molecule has 0 radical (unpaired) electrons. The predicted octanol–water partition coefficient (Wildman–Crippen LogP) is 6.62. The highest BCUT2D eigenvalue weighted by molar-refractivity contribution is 7.98. The number of ether oxygens (including phenoxy) is 2. The molecule has 2 heterocycles. The quantitative estimate of drug-likeness (QED) is 0.204. The lowest BCUT2D eigenvalue weighted by Gasteiger charge is -2.20. The lowest BCUT2D eigenvalue weighted by molar-refractivity contribution is 0.0933. The van der Waals surface area contributed by atoms with Crippen LogP contribution in [0.1, 0.15) is 44.5 Å². The summed E-state index contributed by atoms with van der Waals surface area (Å²) in [6, 6.07) is 31.6. The number of rotatable bonds is 9. The highest BCUT2D eigenvalue weighted by Gasteiger charge is 2.26. The number of aromatic nitrogens is 3. The van der Waals surface area contributed by atoms with Gasteiger partial charge in [-0.2, -0.15) is 0 Å². The van der Waals surface area contributed by atoms with E-state index in [1.807, 2.05) is 18.2 Å². The van der Waals surface area contributed by atoms with Crippen LogP contribution in [0, 0.1) is 13.8 Å². The van der Waals surface area contributed by atoms with Crippen LogP contribution in [0.4, 0.5) is 0 Å². The Balaban J connectivity index is 1.37. The molecule has 206 valence electrons. The Morgan fingerprint density at radius 1 is 0.854 bits per heavy atom. The molecule has 5 aromatic rings. The van der Waals surface area contributed by atoms with Gasteiger partial charge >= 0.3 is 0 Å². The molecule has 8 heteroatoms. The lowest BCUT2D eigenvalue weighted by atomic mass is 10.0. The number of aryl methyl sites for hydroxylation is 2. The Labute approximate surface area is 243 Å². The van der Waals surface area contributed by atoms with Gasteiger partial charge < -0.3 is 14.8 Å². The van der Waals surface area contributed by atoms with Gasteiger partial charge in [-0.3, -0.25) is 9.36 Å². The highest BCUT2D eigenvalue weighted by atomic mass is 32.2. The van der Waals surface area contributed by atoms with E-state index in [1.54, 1.807) is 30.0 Å². The van der Waals surface area contributed by atoms with Gasteiger partial charge in [0, 0.05) is 17.0 Å². The van der Waals surface area contributed by atoms with Crippen LogP contribution < -0.4 is 14.8 Å². The molecule has 1 amide bonds. The predicted molar refractivity (Wildman–Crippen MR) is 160 cm³/mol. The second-order valence-electron chi connectivity index (χ2n) is 10.1. The van der Waals surface area contributed by atoms with Gasteiger partial charge in [0.15, 0.2) is 22.5 Å². The Morgan fingerprint density at radius 3 is 2.44 bits per heavy atom. The normalized spacial score (nSPS) is 12.7. The molecule has 1 aliphatic rings. The van der Waals surface area contributed by atoms with Crippen molar-refractivity contribution in [2.75, 3.05) is 6.79 Å². The average molecular weight is 563 g/mol. The highest BCUT2D eigenvalue weighted by Crippen LogP contribution is 2.33. The standard InChI is InChI=1S/C33H30N4O3S/c1-22-11-14-27(15-12-22)37-31(35-36-33(37)41-20-25-10-6-7-23(2)17-25)28(18-24-8-4-3-5-9-24)34-32(38)26-13-16-29-30(19-26)40-21-39-29/h3-17,19,28H,18,20-21H2,1-2H3,(H,34,38). The lowest BCUT2D eigenvalue weighted by Crippen LogP contribution is -2.32. The van der Waals surface area contributed by atoms with Gasteiger partial charge in [-0.25, -0.2) is 0 Å². The number of thioether (sulfide) groups is 1. The topological polar surface area (TPSA) is 78.3 Å². The van der Waals surface area contributed by atoms with Gasteiger partial charge in [-0.15, -0.1) is 10.2 Å². The summed E-state index contributed by atoms with van der Waals surface area (Å²) in [5.74, 6) is 2.39. The van der Waals surface area contributed by atoms with E-state index in [-0.39, 0.29) is 12.7 Å². The maximum atomic E-state index is 13.6. The maximum Gasteiger partial charge on any atom is 0.252 e. The first-order valence-electron chi connectivity index (χ1n) is 13.5. The summed E-state index contributed by atoms with van der Waals surface area (Å²) >= 11 is 1.63. The van der Waals surface area contributed by atoms with E-state index in [9.17, 15) is 4.79 Å². The number of hydrogen-bond donors (Lipinski definition) is 1. The van der Waals surface area contributed by atoms with E-state index in [0.29, 0.717) is 29.3 Å². The Bertz CT molecular complexity index is 1670. The third-order valence-corrected chi connectivity index (χ3v) is 7.94. The maximum absolute atomic E-state index is 13.6. The largest absolute Gasteiger partial charge is 0.454 e. The van der Waals surface area contributed by atoms with Gasteiger partial charge in [0.1, 0.15) is 0 Å². The second-order valence-corrected chi connectivity index (χ2v) is 11.0. The molecule has 0 spiro atoms. The van der Waals surface area contributed by atoms with Crippen molar-refractivity contribution >= 4 is 17.7 Å². The zero-order chi connectivity index (χ0) is 28.2. The molecular weight excluding hydrogens is 532 g/mol. The van der Waals surface area contributed by atoms with Crippen molar-refractivity contribution in [3.8, 4) is 17.2 Å². The Hall–Kier alpha value is -4.56. The third-order valence-electron chi connectivity index (χ3n) is 6.94. The van der Waals surface area contributed by atoms with E-state index >= 15 is 0 Å². The molecule has 0 saturated carbocycles. The van der Waals surface area contributed by atoms with E-state index in [4.69, 9.17) is 9.47 Å². The van der Waals surface area contributed by atoms with Gasteiger partial charge in [0.2, 0.25) is 6.79 Å². The van der Waals surface area contributed by atoms with Gasteiger partial charge in [0.25, 0.3) is 5.91 Å². The number of fused-ring (bicyclic) bond motifs is 1. The SMILES string of the molecule is Cc1ccc(-n2c(SCc3cccc(C)c3)nnc2C(Cc2ccccc2)NC(=O)c2ccc3c(c2)OCO3)cc1. The molecule has 0 fully saturated rings. The van der Waals surface area contributed by atoms with Crippen LogP contribution in [0.5, 0.6) is 11.5 Å². The molecular formula is C33H30N4O3S. The smallest absolute Gasteiger partial charge is 0.252 e. The molecule has 0 aliphatic carbocycles. The first-order chi connectivity index (χ1) is 20.0. The van der Waals surface area contributed by atoms with E-state index in [1.165, 1.54) is 11.1 Å². The van der Waals surface area contributed by atoms with Crippen LogP contribution in [-0.4, -0.2) is 27.5 Å². The molecule has 1 atom stereocenters. The first-order valence-corrected chi connectivity index (χ1v) is 14.5. The molecule has 7 nitrogen and oxygen atoms in total. The molecule has 1 aliphatic heterocycles. The molecule has 0 saturated heterocycles. The van der Waals surface area contributed by atoms with Gasteiger partial charge in [0.05, 0.1) is 6.04 Å². The van der Waals surface area contributed by atoms with Crippen LogP contribution in [0.2, 0.25) is 0 Å². The average Bonchev–Trinajstić information content (AvgIpc) is 3.64. The zero-order valence-corrected chi connectivity index (χ0v) is 23.7. The Morgan fingerprint density at radius 2 is 1.63 bits per heavy atom. The Kier molecular flexibility index (Phi) is 7.73. The molecule has 41 heavy (non-hydrogen) atoms. The second kappa shape index (κ2) is 11.9. The van der Waals surface area contributed by atoms with Crippen molar-refractivity contribution in [3.63, 3.8) is 0 Å². The van der Waals surface area contributed by atoms with Crippen molar-refractivity contribution in [3.05, 3.63) is 131 Å². The van der Waals surface area contributed by atoms with Crippen LogP contribution in [0.15, 0.2) is 102 Å². The number of benzene rings is 4. The fourth-order valence-corrected chi connectivity index (χ4v) is 5.72.